The van der Waals surface area contributed by atoms with Crippen LogP contribution < -0.4 is 10.1 Å². The highest BCUT2D eigenvalue weighted by Crippen LogP contribution is 2.32. The Labute approximate surface area is 178 Å². The first kappa shape index (κ1) is 20.7. The predicted octanol–water partition coefficient (Wildman–Crippen LogP) is 4.55. The number of halogens is 2. The molecule has 31 heavy (non-hydrogen) atoms. The summed E-state index contributed by atoms with van der Waals surface area (Å²) in [6, 6.07) is 14.1. The molecule has 0 radical (unpaired) electrons. The highest BCUT2D eigenvalue weighted by atomic mass is 19.1. The lowest BCUT2D eigenvalue weighted by Crippen LogP contribution is -2.34. The summed E-state index contributed by atoms with van der Waals surface area (Å²) in [6.07, 6.45) is 1.61. The van der Waals surface area contributed by atoms with Gasteiger partial charge in [0.25, 0.3) is 5.91 Å². The van der Waals surface area contributed by atoms with Crippen LogP contribution >= 0.6 is 0 Å². The SMILES string of the molecule is Cc1cccc(Nc2cccc(C3CCCN3C(=O)COc3ccc(F)cc3F)n2)n1. The van der Waals surface area contributed by atoms with Crippen molar-refractivity contribution >= 4 is 17.5 Å². The average molecular weight is 424 g/mol. The summed E-state index contributed by atoms with van der Waals surface area (Å²) in [5, 5.41) is 3.19. The van der Waals surface area contributed by atoms with Crippen LogP contribution in [0, 0.1) is 18.6 Å². The lowest BCUT2D eigenvalue weighted by molar-refractivity contribution is -0.134. The molecule has 1 fully saturated rings. The van der Waals surface area contributed by atoms with Crippen LogP contribution in [0.3, 0.4) is 0 Å². The maximum Gasteiger partial charge on any atom is 0.261 e. The standard InChI is InChI=1S/C23H22F2N4O2/c1-15-5-2-8-21(26-15)28-22-9-3-6-18(27-22)19-7-4-12-29(19)23(30)14-31-20-11-10-16(24)13-17(20)25/h2-3,5-6,8-11,13,19H,4,7,12,14H2,1H3,(H,26,27,28). The number of aryl methyl sites for hydroxylation is 1. The fourth-order valence-corrected chi connectivity index (χ4v) is 3.64. The first-order chi connectivity index (χ1) is 15.0. The minimum atomic E-state index is -0.837. The number of nitrogens with zero attached hydrogens (tertiary/aromatic N) is 3. The molecule has 4 rings (SSSR count). The van der Waals surface area contributed by atoms with Crippen LogP contribution in [0.25, 0.3) is 0 Å². The maximum atomic E-state index is 13.8. The Morgan fingerprint density at radius 3 is 2.68 bits per heavy atom. The Kier molecular flexibility index (Phi) is 6.06. The van der Waals surface area contributed by atoms with Gasteiger partial charge in [0.2, 0.25) is 0 Å². The first-order valence-corrected chi connectivity index (χ1v) is 10.0. The van der Waals surface area contributed by atoms with Crippen LogP contribution in [0.4, 0.5) is 20.4 Å². The summed E-state index contributed by atoms with van der Waals surface area (Å²) in [5.74, 6) is -0.627. The zero-order chi connectivity index (χ0) is 21.8. The van der Waals surface area contributed by atoms with E-state index >= 15 is 0 Å². The second kappa shape index (κ2) is 9.07. The van der Waals surface area contributed by atoms with Crippen LogP contribution in [0.5, 0.6) is 5.75 Å². The number of hydrogen-bond donors (Lipinski definition) is 1. The van der Waals surface area contributed by atoms with E-state index < -0.39 is 11.6 Å². The number of anilines is 2. The number of likely N-dealkylation sites (tertiary alicyclic amines) is 1. The molecule has 1 unspecified atom stereocenters. The summed E-state index contributed by atoms with van der Waals surface area (Å²) in [4.78, 5) is 23.5. The number of aromatic nitrogens is 2. The molecule has 1 aromatic carbocycles. The van der Waals surface area contributed by atoms with E-state index in [-0.39, 0.29) is 24.3 Å². The van der Waals surface area contributed by atoms with E-state index in [2.05, 4.69) is 15.3 Å². The van der Waals surface area contributed by atoms with Gasteiger partial charge in [-0.15, -0.1) is 0 Å². The van der Waals surface area contributed by atoms with E-state index in [4.69, 9.17) is 4.74 Å². The van der Waals surface area contributed by atoms with Gasteiger partial charge < -0.3 is 15.0 Å². The number of nitrogens with one attached hydrogen (secondary N) is 1. The third-order valence-corrected chi connectivity index (χ3v) is 5.07. The molecule has 1 amide bonds. The molecule has 1 atom stereocenters. The predicted molar refractivity (Wildman–Crippen MR) is 112 cm³/mol. The zero-order valence-electron chi connectivity index (χ0n) is 17.0. The summed E-state index contributed by atoms with van der Waals surface area (Å²) >= 11 is 0. The maximum absolute atomic E-state index is 13.8. The molecule has 1 saturated heterocycles. The summed E-state index contributed by atoms with van der Waals surface area (Å²) in [5.41, 5.74) is 1.66. The monoisotopic (exact) mass is 424 g/mol. The molecule has 0 bridgehead atoms. The van der Waals surface area contributed by atoms with Crippen molar-refractivity contribution in [3.05, 3.63) is 77.6 Å². The molecule has 1 aliphatic rings. The van der Waals surface area contributed by atoms with Gasteiger partial charge in [0, 0.05) is 18.3 Å². The minimum Gasteiger partial charge on any atom is -0.481 e. The lowest BCUT2D eigenvalue weighted by atomic mass is 10.1. The number of benzene rings is 1. The summed E-state index contributed by atoms with van der Waals surface area (Å²) < 4.78 is 32.1. The van der Waals surface area contributed by atoms with Crippen molar-refractivity contribution in [1.29, 1.82) is 0 Å². The van der Waals surface area contributed by atoms with Crippen LogP contribution in [-0.2, 0) is 4.79 Å². The van der Waals surface area contributed by atoms with Crippen LogP contribution in [0.1, 0.15) is 30.3 Å². The zero-order valence-corrected chi connectivity index (χ0v) is 17.0. The van der Waals surface area contributed by atoms with Crippen molar-refractivity contribution in [2.45, 2.75) is 25.8 Å². The number of rotatable bonds is 6. The fourth-order valence-electron chi connectivity index (χ4n) is 3.64. The summed E-state index contributed by atoms with van der Waals surface area (Å²) in [6.45, 7) is 2.15. The molecule has 2 aromatic heterocycles. The van der Waals surface area contributed by atoms with Gasteiger partial charge in [-0.2, -0.15) is 0 Å². The number of pyridine rings is 2. The highest BCUT2D eigenvalue weighted by Gasteiger charge is 2.31. The molecule has 0 aliphatic carbocycles. The number of carbonyl (C=O) groups is 1. The van der Waals surface area contributed by atoms with Crippen molar-refractivity contribution in [3.63, 3.8) is 0 Å². The molecule has 0 spiro atoms. The van der Waals surface area contributed by atoms with Crippen molar-refractivity contribution in [2.24, 2.45) is 0 Å². The number of amides is 1. The Morgan fingerprint density at radius 2 is 1.90 bits per heavy atom. The number of hydrogen-bond acceptors (Lipinski definition) is 5. The smallest absolute Gasteiger partial charge is 0.261 e. The van der Waals surface area contributed by atoms with Crippen molar-refractivity contribution in [3.8, 4) is 5.75 Å². The third kappa shape index (κ3) is 4.96. The molecular weight excluding hydrogens is 402 g/mol. The molecule has 6 nitrogen and oxygen atoms in total. The Hall–Kier alpha value is -3.55. The van der Waals surface area contributed by atoms with E-state index in [0.717, 1.165) is 36.4 Å². The van der Waals surface area contributed by atoms with E-state index in [9.17, 15) is 13.6 Å². The quantitative estimate of drug-likeness (QED) is 0.629. The largest absolute Gasteiger partial charge is 0.481 e. The Morgan fingerprint density at radius 1 is 1.13 bits per heavy atom. The van der Waals surface area contributed by atoms with Crippen LogP contribution in [-0.4, -0.2) is 33.9 Å². The van der Waals surface area contributed by atoms with Gasteiger partial charge in [-0.25, -0.2) is 18.7 Å². The van der Waals surface area contributed by atoms with Gasteiger partial charge in [0.05, 0.1) is 11.7 Å². The topological polar surface area (TPSA) is 67.4 Å². The number of carbonyl (C=O) groups excluding carboxylic acids is 1. The molecule has 3 heterocycles. The number of ether oxygens (including phenoxy) is 1. The molecule has 1 aliphatic heterocycles. The van der Waals surface area contributed by atoms with Gasteiger partial charge in [-0.3, -0.25) is 4.79 Å². The molecular formula is C23H22F2N4O2. The fraction of sp³-hybridized carbons (Fsp3) is 0.261. The van der Waals surface area contributed by atoms with Crippen molar-refractivity contribution in [2.75, 3.05) is 18.5 Å². The van der Waals surface area contributed by atoms with E-state index in [1.54, 1.807) is 4.90 Å². The van der Waals surface area contributed by atoms with Gasteiger partial charge in [-0.1, -0.05) is 12.1 Å². The molecule has 1 N–H and O–H groups in total. The second-order valence-electron chi connectivity index (χ2n) is 7.35. The van der Waals surface area contributed by atoms with Crippen LogP contribution in [0.15, 0.2) is 54.6 Å². The summed E-state index contributed by atoms with van der Waals surface area (Å²) in [7, 11) is 0. The molecule has 0 saturated carbocycles. The molecule has 8 heteroatoms. The van der Waals surface area contributed by atoms with Crippen LogP contribution in [0.2, 0.25) is 0 Å². The highest BCUT2D eigenvalue weighted by molar-refractivity contribution is 5.78. The van der Waals surface area contributed by atoms with E-state index in [0.29, 0.717) is 18.2 Å². The Balaban J connectivity index is 1.44. The Bertz CT molecular complexity index is 1090. The lowest BCUT2D eigenvalue weighted by Gasteiger charge is -2.24. The average Bonchev–Trinajstić information content (AvgIpc) is 3.23. The van der Waals surface area contributed by atoms with E-state index in [1.807, 2.05) is 43.3 Å². The van der Waals surface area contributed by atoms with Crippen molar-refractivity contribution in [1.82, 2.24) is 14.9 Å². The first-order valence-electron chi connectivity index (χ1n) is 10.0. The minimum absolute atomic E-state index is 0.152. The third-order valence-electron chi connectivity index (χ3n) is 5.07. The van der Waals surface area contributed by atoms with Crippen molar-refractivity contribution < 1.29 is 18.3 Å². The second-order valence-corrected chi connectivity index (χ2v) is 7.35. The van der Waals surface area contributed by atoms with Gasteiger partial charge in [-0.05, 0) is 56.2 Å². The normalized spacial score (nSPS) is 15.7. The molecule has 160 valence electrons. The van der Waals surface area contributed by atoms with Gasteiger partial charge in [0.15, 0.2) is 18.2 Å². The van der Waals surface area contributed by atoms with Gasteiger partial charge >= 0.3 is 0 Å². The van der Waals surface area contributed by atoms with Gasteiger partial charge in [0.1, 0.15) is 17.5 Å². The molecule has 3 aromatic rings. The van der Waals surface area contributed by atoms with E-state index in [1.165, 1.54) is 6.07 Å².